The molecule has 1 aliphatic carbocycles. The van der Waals surface area contributed by atoms with Crippen LogP contribution in [-0.2, 0) is 4.84 Å². The third-order valence-electron chi connectivity index (χ3n) is 6.40. The number of rotatable bonds is 7. The van der Waals surface area contributed by atoms with E-state index in [0.29, 0.717) is 30.2 Å². The lowest BCUT2D eigenvalue weighted by Crippen LogP contribution is -2.53. The molecular weight excluding hydrogens is 326 g/mol. The normalized spacial score (nSPS) is 35.1. The predicted molar refractivity (Wildman–Crippen MR) is 104 cm³/mol. The van der Waals surface area contributed by atoms with Crippen LogP contribution in [0.3, 0.4) is 0 Å². The Hall–Kier alpha value is -1.49. The number of hydroxylamine groups is 2. The van der Waals surface area contributed by atoms with Gasteiger partial charge < -0.3 is 10.2 Å². The molecule has 0 spiro atoms. The average molecular weight is 362 g/mol. The van der Waals surface area contributed by atoms with Gasteiger partial charge in [-0.25, -0.2) is 4.79 Å². The molecule has 0 aromatic heterocycles. The minimum atomic E-state index is -0.342. The molecule has 2 saturated heterocycles. The Morgan fingerprint density at radius 2 is 2.12 bits per heavy atom. The maximum absolute atomic E-state index is 12.4. The second kappa shape index (κ2) is 8.03. The van der Waals surface area contributed by atoms with E-state index in [-0.39, 0.29) is 11.8 Å². The molecule has 3 aliphatic rings. The fourth-order valence-corrected chi connectivity index (χ4v) is 5.07. The van der Waals surface area contributed by atoms with E-state index in [1.165, 1.54) is 19.3 Å². The zero-order valence-electron chi connectivity index (χ0n) is 16.8. The highest BCUT2D eigenvalue weighted by Gasteiger charge is 2.61. The maximum atomic E-state index is 12.4. The average Bonchev–Trinajstić information content (AvgIpc) is 3.04. The van der Waals surface area contributed by atoms with Crippen LogP contribution in [0.5, 0.6) is 0 Å². The second-order valence-corrected chi connectivity index (χ2v) is 8.41. The molecule has 0 aromatic rings. The smallest absolute Gasteiger partial charge is 0.320 e. The third-order valence-corrected chi connectivity index (χ3v) is 6.40. The first-order valence-corrected chi connectivity index (χ1v) is 10.4. The van der Waals surface area contributed by atoms with Crippen molar-refractivity contribution in [1.29, 1.82) is 0 Å². The number of allylic oxidation sites excluding steroid dienone is 4. The SMILES string of the molecule is CCCCCCCNC(=O)ON1C2=CC=CC(C)C2C2C(C)CNC21C. The quantitative estimate of drug-likeness (QED) is 0.668. The number of carbonyl (C=O) groups is 1. The van der Waals surface area contributed by atoms with Gasteiger partial charge in [-0.15, -0.1) is 0 Å². The summed E-state index contributed by atoms with van der Waals surface area (Å²) in [5.74, 6) is 1.85. The third kappa shape index (κ3) is 3.51. The summed E-state index contributed by atoms with van der Waals surface area (Å²) in [6.45, 7) is 10.6. The highest BCUT2D eigenvalue weighted by Crippen LogP contribution is 2.54. The van der Waals surface area contributed by atoms with Crippen molar-refractivity contribution in [3.63, 3.8) is 0 Å². The lowest BCUT2D eigenvalue weighted by atomic mass is 9.73. The van der Waals surface area contributed by atoms with Gasteiger partial charge in [0.2, 0.25) is 0 Å². The molecule has 0 radical (unpaired) electrons. The van der Waals surface area contributed by atoms with Crippen molar-refractivity contribution in [2.75, 3.05) is 13.1 Å². The van der Waals surface area contributed by atoms with Gasteiger partial charge in [-0.3, -0.25) is 5.32 Å². The number of fused-ring (bicyclic) bond motifs is 3. The van der Waals surface area contributed by atoms with Crippen LogP contribution in [0, 0.1) is 23.7 Å². The number of unbranched alkanes of at least 4 members (excludes halogenated alkanes) is 4. The van der Waals surface area contributed by atoms with Crippen LogP contribution in [0.25, 0.3) is 0 Å². The van der Waals surface area contributed by atoms with E-state index < -0.39 is 0 Å². The predicted octanol–water partition coefficient (Wildman–Crippen LogP) is 4.19. The van der Waals surface area contributed by atoms with Crippen molar-refractivity contribution in [2.24, 2.45) is 23.7 Å². The lowest BCUT2D eigenvalue weighted by molar-refractivity contribution is -0.137. The summed E-state index contributed by atoms with van der Waals surface area (Å²) in [5, 5.41) is 8.40. The van der Waals surface area contributed by atoms with E-state index in [1.807, 2.05) is 5.06 Å². The number of hydrogen-bond donors (Lipinski definition) is 2. The molecule has 2 N–H and O–H groups in total. The van der Waals surface area contributed by atoms with E-state index in [9.17, 15) is 4.79 Å². The summed E-state index contributed by atoms with van der Waals surface area (Å²) in [4.78, 5) is 18.2. The number of carbonyl (C=O) groups excluding carboxylic acids is 1. The van der Waals surface area contributed by atoms with Crippen LogP contribution >= 0.6 is 0 Å². The monoisotopic (exact) mass is 361 g/mol. The number of amides is 1. The first kappa shape index (κ1) is 19.3. The van der Waals surface area contributed by atoms with Crippen molar-refractivity contribution in [3.05, 3.63) is 23.9 Å². The molecule has 3 rings (SSSR count). The largest absolute Gasteiger partial charge is 0.431 e. The van der Waals surface area contributed by atoms with Gasteiger partial charge in [0.15, 0.2) is 0 Å². The molecule has 0 aromatic carbocycles. The van der Waals surface area contributed by atoms with Crippen molar-refractivity contribution < 1.29 is 9.63 Å². The molecule has 2 fully saturated rings. The molecule has 1 amide bonds. The van der Waals surface area contributed by atoms with E-state index in [0.717, 1.165) is 25.1 Å². The second-order valence-electron chi connectivity index (χ2n) is 8.41. The van der Waals surface area contributed by atoms with Crippen LogP contribution in [0.15, 0.2) is 23.9 Å². The van der Waals surface area contributed by atoms with E-state index >= 15 is 0 Å². The molecule has 146 valence electrons. The molecule has 2 aliphatic heterocycles. The van der Waals surface area contributed by atoms with Crippen molar-refractivity contribution >= 4 is 6.09 Å². The molecule has 5 atom stereocenters. The summed E-state index contributed by atoms with van der Waals surface area (Å²) < 4.78 is 0. The van der Waals surface area contributed by atoms with Gasteiger partial charge >= 0.3 is 6.09 Å². The Kier molecular flexibility index (Phi) is 5.96. The minimum absolute atomic E-state index is 0.325. The standard InChI is InChI=1S/C21H35N3O2/c1-5-6-7-8-9-13-22-20(25)26-24-17-12-10-11-15(2)18(17)19-16(3)14-23-21(19,24)4/h10-12,15-16,18-19,23H,5-9,13-14H2,1-4H3,(H,22,25). The van der Waals surface area contributed by atoms with Gasteiger partial charge in [0.1, 0.15) is 5.66 Å². The summed E-state index contributed by atoms with van der Waals surface area (Å²) >= 11 is 0. The zero-order valence-corrected chi connectivity index (χ0v) is 16.8. The number of nitrogens with one attached hydrogen (secondary N) is 2. The Morgan fingerprint density at radius 1 is 1.35 bits per heavy atom. The van der Waals surface area contributed by atoms with Gasteiger partial charge in [0, 0.05) is 24.9 Å². The Balaban J connectivity index is 1.62. The molecule has 0 saturated carbocycles. The summed E-state index contributed by atoms with van der Waals surface area (Å²) in [6, 6.07) is 0. The molecule has 2 heterocycles. The lowest BCUT2D eigenvalue weighted by Gasteiger charge is -2.35. The van der Waals surface area contributed by atoms with Crippen molar-refractivity contribution in [2.45, 2.75) is 65.5 Å². The Labute approximate surface area is 158 Å². The Bertz CT molecular complexity index is 574. The first-order chi connectivity index (χ1) is 12.5. The van der Waals surface area contributed by atoms with Gasteiger partial charge in [-0.05, 0) is 31.3 Å². The summed E-state index contributed by atoms with van der Waals surface area (Å²) in [5.41, 5.74) is 0.805. The zero-order chi connectivity index (χ0) is 18.7. The number of hydrogen-bond acceptors (Lipinski definition) is 4. The van der Waals surface area contributed by atoms with Crippen LogP contribution in [0.4, 0.5) is 4.79 Å². The van der Waals surface area contributed by atoms with Crippen LogP contribution in [0.2, 0.25) is 0 Å². The molecule has 26 heavy (non-hydrogen) atoms. The van der Waals surface area contributed by atoms with E-state index in [2.05, 4.69) is 56.6 Å². The van der Waals surface area contributed by atoms with Gasteiger partial charge in [0.05, 0.1) is 5.70 Å². The van der Waals surface area contributed by atoms with Crippen LogP contribution < -0.4 is 10.6 Å². The fraction of sp³-hybridized carbons (Fsp3) is 0.762. The minimum Gasteiger partial charge on any atom is -0.320 e. The molecule has 5 heteroatoms. The molecule has 5 unspecified atom stereocenters. The molecule has 0 bridgehead atoms. The van der Waals surface area contributed by atoms with E-state index in [4.69, 9.17) is 4.84 Å². The van der Waals surface area contributed by atoms with Crippen molar-refractivity contribution in [1.82, 2.24) is 15.7 Å². The highest BCUT2D eigenvalue weighted by molar-refractivity contribution is 5.67. The molecule has 5 nitrogen and oxygen atoms in total. The van der Waals surface area contributed by atoms with Crippen LogP contribution in [0.1, 0.15) is 59.8 Å². The van der Waals surface area contributed by atoms with Crippen molar-refractivity contribution in [3.8, 4) is 0 Å². The summed E-state index contributed by atoms with van der Waals surface area (Å²) in [7, 11) is 0. The van der Waals surface area contributed by atoms with Gasteiger partial charge in [-0.1, -0.05) is 58.6 Å². The summed E-state index contributed by atoms with van der Waals surface area (Å²) in [6.07, 6.45) is 12.0. The number of nitrogens with zero attached hydrogens (tertiary/aromatic N) is 1. The molecular formula is C21H35N3O2. The van der Waals surface area contributed by atoms with Crippen LogP contribution in [-0.4, -0.2) is 29.9 Å². The maximum Gasteiger partial charge on any atom is 0.431 e. The Morgan fingerprint density at radius 3 is 2.88 bits per heavy atom. The van der Waals surface area contributed by atoms with Gasteiger partial charge in [0.25, 0.3) is 0 Å². The van der Waals surface area contributed by atoms with Gasteiger partial charge in [-0.2, -0.15) is 5.06 Å². The first-order valence-electron chi connectivity index (χ1n) is 10.4. The van der Waals surface area contributed by atoms with E-state index in [1.54, 1.807) is 0 Å². The highest BCUT2D eigenvalue weighted by atomic mass is 16.7. The fourth-order valence-electron chi connectivity index (χ4n) is 5.07. The topological polar surface area (TPSA) is 53.6 Å².